The number of aromatic hydroxyl groups is 1. The van der Waals surface area contributed by atoms with Crippen molar-refractivity contribution in [2.75, 3.05) is 17.1 Å². The molecule has 0 saturated carbocycles. The summed E-state index contributed by atoms with van der Waals surface area (Å²) >= 11 is 13.2. The van der Waals surface area contributed by atoms with Gasteiger partial charge in [0, 0.05) is 35.6 Å². The highest BCUT2D eigenvalue weighted by atomic mass is 35.5. The van der Waals surface area contributed by atoms with Crippen molar-refractivity contribution in [2.24, 2.45) is 0 Å². The third-order valence-electron chi connectivity index (χ3n) is 4.46. The van der Waals surface area contributed by atoms with Crippen LogP contribution in [0, 0.1) is 5.82 Å². The van der Waals surface area contributed by atoms with Crippen LogP contribution in [0.1, 0.15) is 5.56 Å². The molecule has 0 amide bonds. The van der Waals surface area contributed by atoms with Crippen LogP contribution in [0.3, 0.4) is 0 Å². The number of anilines is 2. The molecular weight excluding hydrogens is 448 g/mol. The molecule has 4 rings (SSSR count). The Morgan fingerprint density at radius 3 is 2.77 bits per heavy atom. The van der Waals surface area contributed by atoms with E-state index in [0.717, 1.165) is 5.56 Å². The minimum absolute atomic E-state index is 0.0107. The number of alkyl halides is 1. The molecule has 0 fully saturated rings. The predicted molar refractivity (Wildman–Crippen MR) is 120 cm³/mol. The maximum absolute atomic E-state index is 15.0. The van der Waals surface area contributed by atoms with Gasteiger partial charge in [0.2, 0.25) is 0 Å². The summed E-state index contributed by atoms with van der Waals surface area (Å²) in [4.78, 5) is 5.03. The number of nitrogens with zero attached hydrogens (tertiary/aromatic N) is 3. The highest BCUT2D eigenvalue weighted by Crippen LogP contribution is 2.36. The second-order valence-corrected chi connectivity index (χ2v) is 7.79. The van der Waals surface area contributed by atoms with Gasteiger partial charge in [-0.05, 0) is 42.3 Å². The van der Waals surface area contributed by atoms with Crippen LogP contribution in [0.25, 0.3) is 16.8 Å². The summed E-state index contributed by atoms with van der Waals surface area (Å²) in [5.74, 6) is 0.458. The van der Waals surface area contributed by atoms with E-state index in [2.05, 4.69) is 20.1 Å². The van der Waals surface area contributed by atoms with Crippen LogP contribution in [-0.2, 0) is 5.88 Å². The molecule has 154 valence electrons. The summed E-state index contributed by atoms with van der Waals surface area (Å²) in [7, 11) is 1.74. The molecule has 2 heterocycles. The predicted octanol–water partition coefficient (Wildman–Crippen LogP) is 5.79. The van der Waals surface area contributed by atoms with Crippen LogP contribution in [-0.4, -0.2) is 26.8 Å². The SMILES string of the molecule is CNc1c(-c2ccc(NSc3cccc(O)c3Cl)cc2F)cnc2c(CCl)cnn12. The summed E-state index contributed by atoms with van der Waals surface area (Å²) in [5, 5.41) is 17.3. The Morgan fingerprint density at radius 1 is 1.20 bits per heavy atom. The Morgan fingerprint density at radius 2 is 2.03 bits per heavy atom. The van der Waals surface area contributed by atoms with E-state index in [4.69, 9.17) is 23.2 Å². The molecule has 0 bridgehead atoms. The number of nitrogens with one attached hydrogen (secondary N) is 2. The fraction of sp³-hybridized carbons (Fsp3) is 0.100. The number of aromatic nitrogens is 3. The molecule has 0 unspecified atom stereocenters. The van der Waals surface area contributed by atoms with E-state index in [-0.39, 0.29) is 16.7 Å². The molecule has 30 heavy (non-hydrogen) atoms. The first-order valence-corrected chi connectivity index (χ1v) is 10.6. The second-order valence-electron chi connectivity index (χ2n) is 6.30. The van der Waals surface area contributed by atoms with E-state index in [9.17, 15) is 9.50 Å². The molecule has 2 aromatic carbocycles. The molecule has 0 radical (unpaired) electrons. The summed E-state index contributed by atoms with van der Waals surface area (Å²) in [6, 6.07) is 9.74. The highest BCUT2D eigenvalue weighted by Gasteiger charge is 2.16. The molecule has 0 aliphatic carbocycles. The van der Waals surface area contributed by atoms with Crippen LogP contribution in [0.2, 0.25) is 5.02 Å². The Labute approximate surface area is 186 Å². The summed E-state index contributed by atoms with van der Waals surface area (Å²) < 4.78 is 19.6. The van der Waals surface area contributed by atoms with E-state index in [1.807, 2.05) is 0 Å². The van der Waals surface area contributed by atoms with Gasteiger partial charge in [0.25, 0.3) is 0 Å². The molecule has 10 heteroatoms. The van der Waals surface area contributed by atoms with Gasteiger partial charge in [-0.3, -0.25) is 0 Å². The Bertz CT molecular complexity index is 1230. The molecule has 3 N–H and O–H groups in total. The Hall–Kier alpha value is -2.68. The first-order chi connectivity index (χ1) is 14.5. The molecule has 4 aromatic rings. The van der Waals surface area contributed by atoms with Crippen molar-refractivity contribution < 1.29 is 9.50 Å². The van der Waals surface area contributed by atoms with Gasteiger partial charge in [0.05, 0.1) is 22.0 Å². The molecule has 0 saturated heterocycles. The number of phenolic OH excluding ortho intramolecular Hbond substituents is 1. The monoisotopic (exact) mass is 463 g/mol. The van der Waals surface area contributed by atoms with Crippen LogP contribution >= 0.6 is 35.1 Å². The molecule has 6 nitrogen and oxygen atoms in total. The van der Waals surface area contributed by atoms with E-state index >= 15 is 0 Å². The third kappa shape index (κ3) is 3.74. The van der Waals surface area contributed by atoms with Crippen molar-refractivity contribution in [3.8, 4) is 16.9 Å². The van der Waals surface area contributed by atoms with Crippen LogP contribution in [0.5, 0.6) is 5.75 Å². The Balaban J connectivity index is 1.64. The van der Waals surface area contributed by atoms with Gasteiger partial charge in [-0.2, -0.15) is 9.61 Å². The van der Waals surface area contributed by atoms with Crippen molar-refractivity contribution in [1.29, 1.82) is 0 Å². The maximum atomic E-state index is 15.0. The fourth-order valence-electron chi connectivity index (χ4n) is 3.00. The largest absolute Gasteiger partial charge is 0.506 e. The zero-order valence-electron chi connectivity index (χ0n) is 15.7. The van der Waals surface area contributed by atoms with Gasteiger partial charge in [0.15, 0.2) is 5.65 Å². The van der Waals surface area contributed by atoms with Crippen molar-refractivity contribution in [1.82, 2.24) is 14.6 Å². The summed E-state index contributed by atoms with van der Waals surface area (Å²) in [6.45, 7) is 0. The van der Waals surface area contributed by atoms with Gasteiger partial charge >= 0.3 is 0 Å². The normalized spacial score (nSPS) is 11.1. The van der Waals surface area contributed by atoms with Gasteiger partial charge in [0.1, 0.15) is 17.4 Å². The van der Waals surface area contributed by atoms with E-state index in [0.29, 0.717) is 33.2 Å². The zero-order chi connectivity index (χ0) is 21.3. The van der Waals surface area contributed by atoms with E-state index in [1.165, 1.54) is 24.1 Å². The number of benzene rings is 2. The lowest BCUT2D eigenvalue weighted by Gasteiger charge is -2.13. The lowest BCUT2D eigenvalue weighted by atomic mass is 10.1. The summed E-state index contributed by atoms with van der Waals surface area (Å²) in [5.41, 5.74) is 2.91. The van der Waals surface area contributed by atoms with E-state index < -0.39 is 5.82 Å². The summed E-state index contributed by atoms with van der Waals surface area (Å²) in [6.07, 6.45) is 3.25. The first kappa shape index (κ1) is 20.6. The lowest BCUT2D eigenvalue weighted by molar-refractivity contribution is 0.474. The lowest BCUT2D eigenvalue weighted by Crippen LogP contribution is -2.04. The molecule has 0 aliphatic rings. The number of hydrogen-bond donors (Lipinski definition) is 3. The molecular formula is C20H16Cl2FN5OS. The van der Waals surface area contributed by atoms with Crippen LogP contribution in [0.15, 0.2) is 53.7 Å². The van der Waals surface area contributed by atoms with E-state index in [1.54, 1.807) is 48.2 Å². The zero-order valence-corrected chi connectivity index (χ0v) is 18.0. The quantitative estimate of drug-likeness (QED) is 0.248. The standard InChI is InChI=1S/C20H16Cl2FN5OS/c1-24-20-14(10-25-19-11(8-21)9-26-28(19)20)13-6-5-12(7-15(13)23)27-30-17-4-2-3-16(29)18(17)22/h2-7,9-10,24,27,29H,8H2,1H3. The van der Waals surface area contributed by atoms with Crippen molar-refractivity contribution >= 4 is 52.3 Å². The smallest absolute Gasteiger partial charge is 0.161 e. The third-order valence-corrected chi connectivity index (χ3v) is 6.16. The Kier molecular flexibility index (Phi) is 5.90. The van der Waals surface area contributed by atoms with Crippen LogP contribution < -0.4 is 10.0 Å². The second kappa shape index (κ2) is 8.59. The number of rotatable bonds is 6. The molecule has 0 aliphatic heterocycles. The molecule has 2 aromatic heterocycles. The van der Waals surface area contributed by atoms with Crippen LogP contribution in [0.4, 0.5) is 15.9 Å². The highest BCUT2D eigenvalue weighted by molar-refractivity contribution is 8.00. The van der Waals surface area contributed by atoms with Crippen molar-refractivity contribution in [3.05, 3.63) is 65.2 Å². The van der Waals surface area contributed by atoms with Gasteiger partial charge in [-0.25, -0.2) is 9.37 Å². The number of phenols is 1. The minimum atomic E-state index is -0.426. The van der Waals surface area contributed by atoms with Gasteiger partial charge in [-0.15, -0.1) is 11.6 Å². The minimum Gasteiger partial charge on any atom is -0.506 e. The van der Waals surface area contributed by atoms with Gasteiger partial charge < -0.3 is 15.1 Å². The fourth-order valence-corrected chi connectivity index (χ4v) is 4.12. The topological polar surface area (TPSA) is 74.5 Å². The average molecular weight is 464 g/mol. The number of fused-ring (bicyclic) bond motifs is 1. The first-order valence-electron chi connectivity index (χ1n) is 8.83. The van der Waals surface area contributed by atoms with Crippen molar-refractivity contribution in [3.63, 3.8) is 0 Å². The number of hydrogen-bond acceptors (Lipinski definition) is 6. The number of halogens is 3. The average Bonchev–Trinajstić information content (AvgIpc) is 3.17. The van der Waals surface area contributed by atoms with Crippen molar-refractivity contribution in [2.45, 2.75) is 10.8 Å². The maximum Gasteiger partial charge on any atom is 0.161 e. The van der Waals surface area contributed by atoms with Gasteiger partial charge in [-0.1, -0.05) is 17.7 Å². The molecule has 0 atom stereocenters. The molecule has 0 spiro atoms.